The summed E-state index contributed by atoms with van der Waals surface area (Å²) in [5.74, 6) is 1.71. The van der Waals surface area contributed by atoms with Gasteiger partial charge in [-0.15, -0.1) is 0 Å². The van der Waals surface area contributed by atoms with Crippen molar-refractivity contribution in [3.63, 3.8) is 0 Å². The van der Waals surface area contributed by atoms with Gasteiger partial charge in [-0.05, 0) is 77.2 Å². The number of ether oxygens (including phenoxy) is 1. The third-order valence-electron chi connectivity index (χ3n) is 3.22. The van der Waals surface area contributed by atoms with Crippen molar-refractivity contribution in [1.29, 1.82) is 0 Å². The third kappa shape index (κ3) is 3.17. The average molecular weight is 320 g/mol. The third-order valence-corrected chi connectivity index (χ3v) is 3.84. The normalized spacial score (nSPS) is 10.6. The molecule has 0 spiro atoms. The van der Waals surface area contributed by atoms with Crippen LogP contribution in [0.5, 0.6) is 11.5 Å². The second kappa shape index (κ2) is 5.76. The molecule has 2 nitrogen and oxygen atoms in total. The smallest absolute Gasteiger partial charge is 0.141 e. The van der Waals surface area contributed by atoms with Crippen LogP contribution in [0.1, 0.15) is 22.3 Å². The monoisotopic (exact) mass is 319 g/mol. The van der Waals surface area contributed by atoms with Gasteiger partial charge in [-0.1, -0.05) is 12.1 Å². The second-order valence-electron chi connectivity index (χ2n) is 4.78. The van der Waals surface area contributed by atoms with Crippen LogP contribution in [0.25, 0.3) is 0 Å². The van der Waals surface area contributed by atoms with Crippen LogP contribution in [-0.4, -0.2) is 0 Å². The van der Waals surface area contributed by atoms with E-state index in [1.54, 1.807) is 0 Å². The summed E-state index contributed by atoms with van der Waals surface area (Å²) in [6.07, 6.45) is 0. The zero-order chi connectivity index (χ0) is 14.0. The van der Waals surface area contributed by atoms with E-state index >= 15 is 0 Å². The van der Waals surface area contributed by atoms with E-state index in [0.717, 1.165) is 21.5 Å². The lowest BCUT2D eigenvalue weighted by atomic mass is 10.1. The highest BCUT2D eigenvalue weighted by molar-refractivity contribution is 9.10. The van der Waals surface area contributed by atoms with E-state index in [1.165, 1.54) is 16.7 Å². The number of hydrogen-bond acceptors (Lipinski definition) is 2. The Morgan fingerprint density at radius 1 is 1.05 bits per heavy atom. The Bertz CT molecular complexity index is 608. The maximum absolute atomic E-state index is 6.01. The molecule has 2 aromatic carbocycles. The molecule has 0 heterocycles. The Labute approximate surface area is 122 Å². The lowest BCUT2D eigenvalue weighted by Crippen LogP contribution is -1.97. The van der Waals surface area contributed by atoms with Gasteiger partial charge in [0.1, 0.15) is 11.5 Å². The molecule has 2 rings (SSSR count). The van der Waals surface area contributed by atoms with Crippen molar-refractivity contribution in [2.24, 2.45) is 5.73 Å². The van der Waals surface area contributed by atoms with Gasteiger partial charge in [-0.3, -0.25) is 0 Å². The Kier molecular flexibility index (Phi) is 4.27. The highest BCUT2D eigenvalue weighted by atomic mass is 79.9. The number of benzene rings is 2. The molecule has 0 bridgehead atoms. The molecule has 3 heteroatoms. The topological polar surface area (TPSA) is 35.2 Å². The first-order valence-corrected chi connectivity index (χ1v) is 7.04. The molecule has 0 saturated heterocycles. The SMILES string of the molecule is Cc1cc(C)c(C)c(Oc2ccc(CN)cc2Br)c1. The quantitative estimate of drug-likeness (QED) is 0.895. The molecule has 2 N–H and O–H groups in total. The number of aryl methyl sites for hydroxylation is 2. The summed E-state index contributed by atoms with van der Waals surface area (Å²) in [7, 11) is 0. The van der Waals surface area contributed by atoms with Crippen LogP contribution in [0.15, 0.2) is 34.8 Å². The fourth-order valence-corrected chi connectivity index (χ4v) is 2.49. The van der Waals surface area contributed by atoms with Crippen LogP contribution in [0.4, 0.5) is 0 Å². The van der Waals surface area contributed by atoms with E-state index in [-0.39, 0.29) is 0 Å². The first-order chi connectivity index (χ1) is 9.01. The highest BCUT2D eigenvalue weighted by Crippen LogP contribution is 2.33. The molecule has 100 valence electrons. The standard InChI is InChI=1S/C16H18BrNO/c1-10-6-11(2)12(3)16(7-10)19-15-5-4-13(9-18)8-14(15)17/h4-8H,9,18H2,1-3H3. The van der Waals surface area contributed by atoms with Crippen molar-refractivity contribution in [1.82, 2.24) is 0 Å². The van der Waals surface area contributed by atoms with Gasteiger partial charge in [0.15, 0.2) is 0 Å². The van der Waals surface area contributed by atoms with Crippen molar-refractivity contribution in [3.05, 3.63) is 57.1 Å². The van der Waals surface area contributed by atoms with Gasteiger partial charge in [0.2, 0.25) is 0 Å². The fraction of sp³-hybridized carbons (Fsp3) is 0.250. The molecule has 0 radical (unpaired) electrons. The highest BCUT2D eigenvalue weighted by Gasteiger charge is 2.08. The van der Waals surface area contributed by atoms with Crippen molar-refractivity contribution >= 4 is 15.9 Å². The molecule has 0 aliphatic carbocycles. The predicted molar refractivity (Wildman–Crippen MR) is 82.8 cm³/mol. The summed E-state index contributed by atoms with van der Waals surface area (Å²) in [6.45, 7) is 6.78. The van der Waals surface area contributed by atoms with Crippen LogP contribution in [0.3, 0.4) is 0 Å². The lowest BCUT2D eigenvalue weighted by molar-refractivity contribution is 0.474. The second-order valence-corrected chi connectivity index (χ2v) is 5.63. The van der Waals surface area contributed by atoms with Crippen LogP contribution in [-0.2, 0) is 6.54 Å². The Morgan fingerprint density at radius 3 is 2.42 bits per heavy atom. The molecule has 0 saturated carbocycles. The number of rotatable bonds is 3. The van der Waals surface area contributed by atoms with Gasteiger partial charge in [-0.2, -0.15) is 0 Å². The minimum absolute atomic E-state index is 0.529. The largest absolute Gasteiger partial charge is 0.456 e. The van der Waals surface area contributed by atoms with Crippen molar-refractivity contribution < 1.29 is 4.74 Å². The summed E-state index contributed by atoms with van der Waals surface area (Å²) >= 11 is 3.53. The van der Waals surface area contributed by atoms with Crippen LogP contribution < -0.4 is 10.5 Å². The summed E-state index contributed by atoms with van der Waals surface area (Å²) in [4.78, 5) is 0. The number of hydrogen-bond donors (Lipinski definition) is 1. The maximum atomic E-state index is 6.01. The molecule has 2 aromatic rings. The van der Waals surface area contributed by atoms with E-state index in [1.807, 2.05) is 18.2 Å². The van der Waals surface area contributed by atoms with Crippen LogP contribution in [0.2, 0.25) is 0 Å². The van der Waals surface area contributed by atoms with Gasteiger partial charge in [0.05, 0.1) is 4.47 Å². The van der Waals surface area contributed by atoms with Crippen molar-refractivity contribution in [2.45, 2.75) is 27.3 Å². The van der Waals surface area contributed by atoms with E-state index < -0.39 is 0 Å². The molecule has 0 aliphatic heterocycles. The minimum atomic E-state index is 0.529. The summed E-state index contributed by atoms with van der Waals surface area (Å²) in [6, 6.07) is 10.1. The van der Waals surface area contributed by atoms with Gasteiger partial charge < -0.3 is 10.5 Å². The van der Waals surface area contributed by atoms with E-state index in [0.29, 0.717) is 6.54 Å². The molecular formula is C16H18BrNO. The first kappa shape index (κ1) is 14.1. The molecular weight excluding hydrogens is 302 g/mol. The predicted octanol–water partition coefficient (Wildman–Crippen LogP) is 4.63. The average Bonchev–Trinajstić information content (AvgIpc) is 2.37. The molecule has 0 fully saturated rings. The summed E-state index contributed by atoms with van der Waals surface area (Å²) in [5.41, 5.74) is 10.3. The molecule has 0 unspecified atom stereocenters. The van der Waals surface area contributed by atoms with Crippen LogP contribution in [0, 0.1) is 20.8 Å². The first-order valence-electron chi connectivity index (χ1n) is 6.25. The Hall–Kier alpha value is -1.32. The number of halogens is 1. The molecule has 0 aliphatic rings. The van der Waals surface area contributed by atoms with Crippen molar-refractivity contribution in [3.8, 4) is 11.5 Å². The van der Waals surface area contributed by atoms with E-state index in [2.05, 4.69) is 48.8 Å². The molecule has 0 aromatic heterocycles. The zero-order valence-corrected chi connectivity index (χ0v) is 13.0. The summed E-state index contributed by atoms with van der Waals surface area (Å²) < 4.78 is 6.94. The fourth-order valence-electron chi connectivity index (χ4n) is 1.98. The maximum Gasteiger partial charge on any atom is 0.141 e. The molecule has 0 atom stereocenters. The molecule has 0 amide bonds. The Balaban J connectivity index is 2.36. The minimum Gasteiger partial charge on any atom is -0.456 e. The van der Waals surface area contributed by atoms with Gasteiger partial charge in [0.25, 0.3) is 0 Å². The number of nitrogens with two attached hydrogens (primary N) is 1. The van der Waals surface area contributed by atoms with Gasteiger partial charge in [0, 0.05) is 6.54 Å². The lowest BCUT2D eigenvalue weighted by Gasteiger charge is -2.13. The summed E-state index contributed by atoms with van der Waals surface area (Å²) in [5, 5.41) is 0. The van der Waals surface area contributed by atoms with E-state index in [4.69, 9.17) is 10.5 Å². The van der Waals surface area contributed by atoms with Gasteiger partial charge >= 0.3 is 0 Å². The Morgan fingerprint density at radius 2 is 1.79 bits per heavy atom. The van der Waals surface area contributed by atoms with Gasteiger partial charge in [-0.25, -0.2) is 0 Å². The molecule has 19 heavy (non-hydrogen) atoms. The van der Waals surface area contributed by atoms with Crippen molar-refractivity contribution in [2.75, 3.05) is 0 Å². The van der Waals surface area contributed by atoms with Crippen LogP contribution >= 0.6 is 15.9 Å². The zero-order valence-electron chi connectivity index (χ0n) is 11.5. The van der Waals surface area contributed by atoms with E-state index in [9.17, 15) is 0 Å².